The van der Waals surface area contributed by atoms with Gasteiger partial charge in [-0.05, 0) is 92.4 Å². The fourth-order valence-corrected chi connectivity index (χ4v) is 4.56. The third kappa shape index (κ3) is 8.92. The van der Waals surface area contributed by atoms with Gasteiger partial charge in [0.25, 0.3) is 0 Å². The lowest BCUT2D eigenvalue weighted by Gasteiger charge is -2.27. The molecule has 0 amide bonds. The number of carbonyl (C=O) groups is 1. The highest BCUT2D eigenvalue weighted by atomic mass is 32.2. The number of allylic oxidation sites excluding steroid dienone is 1. The number of aliphatic hydroxyl groups is 1. The maximum Gasteiger partial charge on any atom is 0.150 e. The van der Waals surface area contributed by atoms with E-state index in [9.17, 15) is 4.79 Å². The molecule has 0 bridgehead atoms. The van der Waals surface area contributed by atoms with E-state index in [2.05, 4.69) is 57.4 Å². The molecule has 1 saturated heterocycles. The molecule has 8 heteroatoms. The van der Waals surface area contributed by atoms with Crippen LogP contribution in [0, 0.1) is 13.8 Å². The molecular weight excluding hydrogens is 508 g/mol. The molecule has 4 aromatic rings. The minimum atomic E-state index is 0.616. The number of nitrogens with zero attached hydrogens (tertiary/aromatic N) is 3. The second kappa shape index (κ2) is 17.0. The molecular formula is C31H38N4O3S. The standard InChI is InChI=1S/C16H15N3.C11H13NO2S.C3H6.CH4O/c1-11-5-6-12(17-2)10-14(11)16-13-4-3-8-18-15(13)7-9-19-16;1-9-6-11(3-2-10(9)7-13)12-8-14-4-5-15-12;1-3-2;1-2/h3-10,17H,1-2H3;2-3,6-7H,4-5,8H2,1H3;3H,1H2,2H3;2H,1H3. The summed E-state index contributed by atoms with van der Waals surface area (Å²) in [4.78, 5) is 19.6. The first kappa shape index (κ1) is 31.5. The monoisotopic (exact) mass is 546 g/mol. The van der Waals surface area contributed by atoms with Crippen molar-refractivity contribution in [2.45, 2.75) is 20.8 Å². The highest BCUT2D eigenvalue weighted by molar-refractivity contribution is 8.00. The fourth-order valence-electron chi connectivity index (χ4n) is 3.74. The quantitative estimate of drug-likeness (QED) is 0.166. The minimum Gasteiger partial charge on any atom is -0.400 e. The van der Waals surface area contributed by atoms with Gasteiger partial charge in [-0.3, -0.25) is 19.1 Å². The van der Waals surface area contributed by atoms with Gasteiger partial charge in [-0.25, -0.2) is 0 Å². The number of hydrogen-bond donors (Lipinski definition) is 2. The molecule has 0 spiro atoms. The Bertz CT molecular complexity index is 1340. The van der Waals surface area contributed by atoms with Gasteiger partial charge in [-0.1, -0.05) is 12.1 Å². The van der Waals surface area contributed by atoms with E-state index in [4.69, 9.17) is 9.84 Å². The molecule has 1 aliphatic rings. The summed E-state index contributed by atoms with van der Waals surface area (Å²) in [6, 6.07) is 18.1. The molecule has 0 aliphatic carbocycles. The van der Waals surface area contributed by atoms with Gasteiger partial charge in [-0.2, -0.15) is 0 Å². The Kier molecular flexibility index (Phi) is 13.7. The fraction of sp³-hybridized carbons (Fsp3) is 0.258. The third-order valence-electron chi connectivity index (χ3n) is 5.66. The second-order valence-corrected chi connectivity index (χ2v) is 9.43. The molecule has 0 radical (unpaired) electrons. The Morgan fingerprint density at radius 3 is 2.46 bits per heavy atom. The Hall–Kier alpha value is -3.72. The summed E-state index contributed by atoms with van der Waals surface area (Å²) < 4.78 is 7.47. The molecule has 1 aliphatic heterocycles. The summed E-state index contributed by atoms with van der Waals surface area (Å²) in [5, 5.41) is 11.3. The van der Waals surface area contributed by atoms with Gasteiger partial charge in [-0.15, -0.1) is 6.58 Å². The number of aldehydes is 1. The van der Waals surface area contributed by atoms with Crippen molar-refractivity contribution < 1.29 is 14.6 Å². The van der Waals surface area contributed by atoms with Crippen molar-refractivity contribution in [3.05, 3.63) is 96.3 Å². The van der Waals surface area contributed by atoms with E-state index < -0.39 is 0 Å². The molecule has 0 saturated carbocycles. The van der Waals surface area contributed by atoms with Gasteiger partial charge in [0.05, 0.1) is 17.8 Å². The van der Waals surface area contributed by atoms with Crippen molar-refractivity contribution in [3.8, 4) is 11.3 Å². The number of carbonyl (C=O) groups excluding carboxylic acids is 1. The Morgan fingerprint density at radius 1 is 1.05 bits per heavy atom. The third-order valence-corrected chi connectivity index (χ3v) is 6.64. The van der Waals surface area contributed by atoms with Crippen LogP contribution in [0.3, 0.4) is 0 Å². The topological polar surface area (TPSA) is 87.6 Å². The molecule has 3 heterocycles. The smallest absolute Gasteiger partial charge is 0.150 e. The van der Waals surface area contributed by atoms with Crippen LogP contribution in [0.25, 0.3) is 22.2 Å². The van der Waals surface area contributed by atoms with Crippen molar-refractivity contribution in [2.75, 3.05) is 42.9 Å². The van der Waals surface area contributed by atoms with Crippen LogP contribution in [0.5, 0.6) is 0 Å². The lowest BCUT2D eigenvalue weighted by atomic mass is 10.0. The Morgan fingerprint density at radius 2 is 1.82 bits per heavy atom. The SMILES string of the molecule is C=CC.CNc1ccc(C)c(-c2nccc3ncccc23)c1.CO.Cc1cc(N2COCCS2)ccc1C=O. The molecule has 206 valence electrons. The molecule has 39 heavy (non-hydrogen) atoms. The number of nitrogens with one attached hydrogen (secondary N) is 1. The minimum absolute atomic E-state index is 0.616. The number of ether oxygens (including phenoxy) is 1. The zero-order valence-electron chi connectivity index (χ0n) is 23.3. The van der Waals surface area contributed by atoms with Crippen LogP contribution in [-0.2, 0) is 4.74 Å². The molecule has 0 unspecified atom stereocenters. The highest BCUT2D eigenvalue weighted by Gasteiger charge is 2.13. The average Bonchev–Trinajstić information content (AvgIpc) is 2.99. The van der Waals surface area contributed by atoms with Gasteiger partial charge in [0.2, 0.25) is 0 Å². The van der Waals surface area contributed by atoms with Gasteiger partial charge < -0.3 is 15.2 Å². The number of hydrogen-bond acceptors (Lipinski definition) is 8. The van der Waals surface area contributed by atoms with E-state index in [0.717, 1.165) is 70.4 Å². The Labute approximate surface area is 236 Å². The zero-order chi connectivity index (χ0) is 28.6. The Balaban J connectivity index is 0.000000240. The predicted octanol–water partition coefficient (Wildman–Crippen LogP) is 6.70. The first-order chi connectivity index (χ1) is 19.0. The van der Waals surface area contributed by atoms with Crippen LogP contribution in [0.15, 0.2) is 79.6 Å². The molecule has 2 aromatic heterocycles. The van der Waals surface area contributed by atoms with Gasteiger partial charge >= 0.3 is 0 Å². The van der Waals surface area contributed by atoms with E-state index >= 15 is 0 Å². The maximum atomic E-state index is 10.7. The molecule has 2 aromatic carbocycles. The van der Waals surface area contributed by atoms with Crippen LogP contribution >= 0.6 is 11.9 Å². The normalized spacial score (nSPS) is 12.0. The molecule has 0 atom stereocenters. The summed E-state index contributed by atoms with van der Waals surface area (Å²) >= 11 is 1.76. The largest absolute Gasteiger partial charge is 0.400 e. The van der Waals surface area contributed by atoms with Crippen molar-refractivity contribution in [2.24, 2.45) is 0 Å². The number of rotatable bonds is 4. The van der Waals surface area contributed by atoms with Gasteiger partial charge in [0.1, 0.15) is 13.0 Å². The van der Waals surface area contributed by atoms with Crippen LogP contribution in [0.1, 0.15) is 28.4 Å². The summed E-state index contributed by atoms with van der Waals surface area (Å²) in [7, 11) is 2.92. The maximum absolute atomic E-state index is 10.7. The van der Waals surface area contributed by atoms with Crippen LogP contribution in [0.2, 0.25) is 0 Å². The van der Waals surface area contributed by atoms with Crippen LogP contribution in [-0.4, -0.2) is 54.6 Å². The first-order valence-electron chi connectivity index (χ1n) is 12.6. The van der Waals surface area contributed by atoms with E-state index in [1.807, 2.05) is 63.6 Å². The predicted molar refractivity (Wildman–Crippen MR) is 166 cm³/mol. The number of aliphatic hydroxyl groups excluding tert-OH is 1. The van der Waals surface area contributed by atoms with E-state index in [-0.39, 0.29) is 0 Å². The zero-order valence-corrected chi connectivity index (χ0v) is 24.2. The molecule has 2 N–H and O–H groups in total. The summed E-state index contributed by atoms with van der Waals surface area (Å²) in [5.74, 6) is 0.981. The summed E-state index contributed by atoms with van der Waals surface area (Å²) in [5.41, 5.74) is 8.26. The van der Waals surface area contributed by atoms with Crippen molar-refractivity contribution in [3.63, 3.8) is 0 Å². The summed E-state index contributed by atoms with van der Waals surface area (Å²) in [6.07, 6.45) is 6.26. The number of benzene rings is 2. The number of anilines is 2. The van der Waals surface area contributed by atoms with E-state index in [1.54, 1.807) is 18.0 Å². The molecule has 5 rings (SSSR count). The van der Waals surface area contributed by atoms with Crippen LogP contribution in [0.4, 0.5) is 11.4 Å². The lowest BCUT2D eigenvalue weighted by Crippen LogP contribution is -2.25. The van der Waals surface area contributed by atoms with E-state index in [0.29, 0.717) is 6.73 Å². The number of pyridine rings is 2. The number of fused-ring (bicyclic) bond motifs is 1. The first-order valence-corrected chi connectivity index (χ1v) is 13.5. The van der Waals surface area contributed by atoms with Gasteiger partial charge in [0, 0.05) is 60.2 Å². The van der Waals surface area contributed by atoms with Gasteiger partial charge in [0.15, 0.2) is 0 Å². The molecule has 1 fully saturated rings. The van der Waals surface area contributed by atoms with Crippen molar-refractivity contribution in [1.29, 1.82) is 0 Å². The lowest BCUT2D eigenvalue weighted by molar-refractivity contribution is 0.112. The van der Waals surface area contributed by atoms with Crippen LogP contribution < -0.4 is 9.62 Å². The number of aryl methyl sites for hydroxylation is 2. The number of aromatic nitrogens is 2. The summed E-state index contributed by atoms with van der Waals surface area (Å²) in [6.45, 7) is 10.7. The van der Waals surface area contributed by atoms with Crippen molar-refractivity contribution in [1.82, 2.24) is 9.97 Å². The van der Waals surface area contributed by atoms with Crippen molar-refractivity contribution >= 4 is 40.5 Å². The average molecular weight is 547 g/mol. The molecule has 7 nitrogen and oxygen atoms in total. The second-order valence-electron chi connectivity index (χ2n) is 8.33. The van der Waals surface area contributed by atoms with E-state index in [1.165, 1.54) is 5.56 Å². The highest BCUT2D eigenvalue weighted by Crippen LogP contribution is 2.30.